The molecule has 2 rings (SSSR count). The highest BCUT2D eigenvalue weighted by Crippen LogP contribution is 2.23. The van der Waals surface area contributed by atoms with Crippen LogP contribution in [0.5, 0.6) is 0 Å². The largest absolute Gasteiger partial charge is 0.357 e. The number of aromatic nitrogens is 1. The maximum atomic E-state index is 4.74. The highest BCUT2D eigenvalue weighted by molar-refractivity contribution is 5.39. The van der Waals surface area contributed by atoms with E-state index in [2.05, 4.69) is 35.3 Å². The van der Waals surface area contributed by atoms with Gasteiger partial charge in [-0.05, 0) is 44.4 Å². The van der Waals surface area contributed by atoms with Crippen molar-refractivity contribution >= 4 is 5.82 Å². The molecule has 1 atom stereocenters. The number of hydrogen-bond acceptors (Lipinski definition) is 3. The molecular formula is C15H25N3. The molecule has 1 aromatic rings. The second-order valence-electron chi connectivity index (χ2n) is 5.21. The summed E-state index contributed by atoms with van der Waals surface area (Å²) in [6, 6.07) is 6.36. The van der Waals surface area contributed by atoms with Gasteiger partial charge in [-0.2, -0.15) is 0 Å². The Bertz CT molecular complexity index is 365. The van der Waals surface area contributed by atoms with Gasteiger partial charge in [0.15, 0.2) is 0 Å². The average Bonchev–Trinajstić information content (AvgIpc) is 2.65. The van der Waals surface area contributed by atoms with Gasteiger partial charge in [0.25, 0.3) is 0 Å². The van der Waals surface area contributed by atoms with E-state index in [4.69, 9.17) is 4.98 Å². The number of rotatable bonds is 4. The molecule has 0 saturated carbocycles. The Morgan fingerprint density at radius 1 is 1.33 bits per heavy atom. The Hall–Kier alpha value is -1.09. The summed E-state index contributed by atoms with van der Waals surface area (Å²) in [5.74, 6) is 2.06. The van der Waals surface area contributed by atoms with E-state index in [9.17, 15) is 0 Å². The zero-order valence-electron chi connectivity index (χ0n) is 11.7. The van der Waals surface area contributed by atoms with Gasteiger partial charge in [0.05, 0.1) is 5.69 Å². The van der Waals surface area contributed by atoms with Crippen LogP contribution in [0.1, 0.15) is 38.3 Å². The fourth-order valence-electron chi connectivity index (χ4n) is 2.73. The molecule has 1 aliphatic heterocycles. The van der Waals surface area contributed by atoms with Crippen LogP contribution in [0.15, 0.2) is 18.2 Å². The third-order valence-electron chi connectivity index (χ3n) is 3.90. The lowest BCUT2D eigenvalue weighted by molar-refractivity contribution is 0.459. The first-order valence-corrected chi connectivity index (χ1v) is 7.19. The molecule has 0 aromatic carbocycles. The summed E-state index contributed by atoms with van der Waals surface area (Å²) < 4.78 is 0. The van der Waals surface area contributed by atoms with Crippen molar-refractivity contribution in [3.63, 3.8) is 0 Å². The molecule has 0 amide bonds. The van der Waals surface area contributed by atoms with Gasteiger partial charge in [-0.25, -0.2) is 4.98 Å². The topological polar surface area (TPSA) is 28.2 Å². The molecule has 1 aromatic heterocycles. The fourth-order valence-corrected chi connectivity index (χ4v) is 2.73. The van der Waals surface area contributed by atoms with Gasteiger partial charge in [-0.1, -0.05) is 19.4 Å². The summed E-state index contributed by atoms with van der Waals surface area (Å²) in [5, 5.41) is 3.16. The van der Waals surface area contributed by atoms with Crippen LogP contribution in [0.2, 0.25) is 0 Å². The van der Waals surface area contributed by atoms with Gasteiger partial charge in [0, 0.05) is 19.6 Å². The zero-order chi connectivity index (χ0) is 12.8. The molecule has 0 spiro atoms. The fraction of sp³-hybridized carbons (Fsp3) is 0.667. The Morgan fingerprint density at radius 3 is 3.00 bits per heavy atom. The molecule has 2 heterocycles. The van der Waals surface area contributed by atoms with Crippen LogP contribution >= 0.6 is 0 Å². The van der Waals surface area contributed by atoms with Crippen LogP contribution in [-0.2, 0) is 6.54 Å². The minimum absolute atomic E-state index is 0.846. The van der Waals surface area contributed by atoms with E-state index < -0.39 is 0 Å². The number of nitrogens with zero attached hydrogens (tertiary/aromatic N) is 2. The third-order valence-corrected chi connectivity index (χ3v) is 3.90. The van der Waals surface area contributed by atoms with Crippen LogP contribution in [0, 0.1) is 5.92 Å². The van der Waals surface area contributed by atoms with Crippen molar-refractivity contribution in [2.75, 3.05) is 25.0 Å². The lowest BCUT2D eigenvalue weighted by Gasteiger charge is -2.22. The highest BCUT2D eigenvalue weighted by Gasteiger charge is 2.16. The predicted molar refractivity (Wildman–Crippen MR) is 76.8 cm³/mol. The van der Waals surface area contributed by atoms with E-state index in [1.165, 1.54) is 25.7 Å². The maximum Gasteiger partial charge on any atom is 0.128 e. The molecule has 3 nitrogen and oxygen atoms in total. The number of pyridine rings is 1. The van der Waals surface area contributed by atoms with Crippen molar-refractivity contribution in [3.05, 3.63) is 23.9 Å². The van der Waals surface area contributed by atoms with Gasteiger partial charge in [0.1, 0.15) is 5.82 Å². The average molecular weight is 247 g/mol. The van der Waals surface area contributed by atoms with Gasteiger partial charge in [-0.15, -0.1) is 0 Å². The first-order valence-electron chi connectivity index (χ1n) is 7.19. The second-order valence-corrected chi connectivity index (χ2v) is 5.21. The van der Waals surface area contributed by atoms with Crippen LogP contribution < -0.4 is 10.2 Å². The SMILES string of the molecule is CCC1CCCN(c2cccc(CNC)n2)CC1. The molecule has 3 heteroatoms. The second kappa shape index (κ2) is 6.74. The standard InChI is InChI=1S/C15H25N3/c1-3-13-6-5-10-18(11-9-13)15-8-4-7-14(17-15)12-16-2/h4,7-8,13,16H,3,5-6,9-12H2,1-2H3. The molecule has 0 radical (unpaired) electrons. The number of anilines is 1. The van der Waals surface area contributed by atoms with E-state index in [1.807, 2.05) is 7.05 Å². The normalized spacial score (nSPS) is 20.8. The lowest BCUT2D eigenvalue weighted by Crippen LogP contribution is -2.25. The molecular weight excluding hydrogens is 222 g/mol. The molecule has 100 valence electrons. The molecule has 1 fully saturated rings. The molecule has 1 saturated heterocycles. The first-order chi connectivity index (χ1) is 8.83. The minimum atomic E-state index is 0.846. The van der Waals surface area contributed by atoms with E-state index in [-0.39, 0.29) is 0 Å². The molecule has 1 aliphatic rings. The third kappa shape index (κ3) is 3.45. The highest BCUT2D eigenvalue weighted by atomic mass is 15.2. The summed E-state index contributed by atoms with van der Waals surface area (Å²) in [4.78, 5) is 7.20. The van der Waals surface area contributed by atoms with Gasteiger partial charge in [0.2, 0.25) is 0 Å². The first kappa shape index (κ1) is 13.3. The number of nitrogens with one attached hydrogen (secondary N) is 1. The quantitative estimate of drug-likeness (QED) is 0.887. The maximum absolute atomic E-state index is 4.74. The summed E-state index contributed by atoms with van der Waals surface area (Å²) >= 11 is 0. The van der Waals surface area contributed by atoms with E-state index in [1.54, 1.807) is 0 Å². The van der Waals surface area contributed by atoms with Crippen LogP contribution in [-0.4, -0.2) is 25.1 Å². The predicted octanol–water partition coefficient (Wildman–Crippen LogP) is 2.82. The van der Waals surface area contributed by atoms with E-state index in [0.717, 1.165) is 37.1 Å². The van der Waals surface area contributed by atoms with Gasteiger partial charge in [-0.3, -0.25) is 0 Å². The smallest absolute Gasteiger partial charge is 0.128 e. The van der Waals surface area contributed by atoms with Crippen LogP contribution in [0.4, 0.5) is 5.82 Å². The molecule has 0 bridgehead atoms. The van der Waals surface area contributed by atoms with Gasteiger partial charge >= 0.3 is 0 Å². The molecule has 0 aliphatic carbocycles. The monoisotopic (exact) mass is 247 g/mol. The summed E-state index contributed by atoms with van der Waals surface area (Å²) in [5.41, 5.74) is 1.13. The molecule has 1 unspecified atom stereocenters. The summed E-state index contributed by atoms with van der Waals surface area (Å²) in [7, 11) is 1.96. The molecule has 18 heavy (non-hydrogen) atoms. The van der Waals surface area contributed by atoms with Gasteiger partial charge < -0.3 is 10.2 Å². The van der Waals surface area contributed by atoms with Crippen molar-refractivity contribution in [1.82, 2.24) is 10.3 Å². The van der Waals surface area contributed by atoms with Crippen LogP contribution in [0.25, 0.3) is 0 Å². The number of hydrogen-bond donors (Lipinski definition) is 1. The van der Waals surface area contributed by atoms with Crippen molar-refractivity contribution < 1.29 is 0 Å². The Morgan fingerprint density at radius 2 is 2.22 bits per heavy atom. The minimum Gasteiger partial charge on any atom is -0.357 e. The Kier molecular flexibility index (Phi) is 5.00. The van der Waals surface area contributed by atoms with Crippen LogP contribution in [0.3, 0.4) is 0 Å². The lowest BCUT2D eigenvalue weighted by atomic mass is 9.98. The summed E-state index contributed by atoms with van der Waals surface area (Å²) in [6.45, 7) is 5.48. The zero-order valence-corrected chi connectivity index (χ0v) is 11.7. The van der Waals surface area contributed by atoms with E-state index >= 15 is 0 Å². The van der Waals surface area contributed by atoms with Crippen molar-refractivity contribution in [1.29, 1.82) is 0 Å². The Balaban J connectivity index is 2.03. The summed E-state index contributed by atoms with van der Waals surface area (Å²) in [6.07, 6.45) is 5.31. The Labute approximate surface area is 111 Å². The van der Waals surface area contributed by atoms with E-state index in [0.29, 0.717) is 0 Å². The molecule has 1 N–H and O–H groups in total. The van der Waals surface area contributed by atoms with Crippen molar-refractivity contribution in [2.45, 2.75) is 39.2 Å². The van der Waals surface area contributed by atoms with Crippen molar-refractivity contribution in [2.24, 2.45) is 5.92 Å². The van der Waals surface area contributed by atoms with Crippen molar-refractivity contribution in [3.8, 4) is 0 Å².